The van der Waals surface area contributed by atoms with Gasteiger partial charge in [-0.1, -0.05) is 0 Å². The molecular formula is C13H19N3O4S. The van der Waals surface area contributed by atoms with Crippen LogP contribution >= 0.6 is 0 Å². The Morgan fingerprint density at radius 2 is 1.95 bits per heavy atom. The second kappa shape index (κ2) is 5.59. The summed E-state index contributed by atoms with van der Waals surface area (Å²) in [7, 11) is -0.164. The van der Waals surface area contributed by atoms with Crippen molar-refractivity contribution < 1.29 is 17.9 Å². The zero-order valence-corrected chi connectivity index (χ0v) is 13.4. The first-order chi connectivity index (χ1) is 9.70. The molecule has 0 fully saturated rings. The van der Waals surface area contributed by atoms with E-state index in [9.17, 15) is 13.2 Å². The summed E-state index contributed by atoms with van der Waals surface area (Å²) in [6, 6.07) is 0. The van der Waals surface area contributed by atoms with E-state index in [1.807, 2.05) is 0 Å². The Morgan fingerprint density at radius 3 is 2.52 bits per heavy atom. The molecule has 0 aliphatic heterocycles. The fourth-order valence-corrected chi connectivity index (χ4v) is 2.54. The zero-order valence-electron chi connectivity index (χ0n) is 12.6. The van der Waals surface area contributed by atoms with Crippen LogP contribution in [0.5, 0.6) is 5.88 Å². The average Bonchev–Trinajstić information content (AvgIpc) is 2.84. The lowest BCUT2D eigenvalue weighted by molar-refractivity contribution is 0.169. The maximum atomic E-state index is 11.7. The van der Waals surface area contributed by atoms with E-state index in [-0.39, 0.29) is 11.7 Å². The van der Waals surface area contributed by atoms with Crippen molar-refractivity contribution >= 4 is 15.9 Å². The van der Waals surface area contributed by atoms with Crippen molar-refractivity contribution in [3.8, 4) is 5.88 Å². The van der Waals surface area contributed by atoms with Gasteiger partial charge in [0.15, 0.2) is 9.84 Å². The summed E-state index contributed by atoms with van der Waals surface area (Å²) >= 11 is 0. The molecule has 21 heavy (non-hydrogen) atoms. The number of hydrogen-bond acceptors (Lipinski definition) is 6. The van der Waals surface area contributed by atoms with Gasteiger partial charge in [0, 0.05) is 25.9 Å². The summed E-state index contributed by atoms with van der Waals surface area (Å²) in [5.41, 5.74) is 1.58. The van der Waals surface area contributed by atoms with Gasteiger partial charge in [0.25, 0.3) is 0 Å². The minimum absolute atomic E-state index is 0.180. The maximum absolute atomic E-state index is 11.7. The number of hydrogen-bond donors (Lipinski definition) is 0. The third-order valence-corrected chi connectivity index (χ3v) is 4.96. The summed E-state index contributed by atoms with van der Waals surface area (Å²) in [5, 5.41) is -0.833. The summed E-state index contributed by atoms with van der Waals surface area (Å²) in [4.78, 5) is 21.5. The predicted octanol–water partition coefficient (Wildman–Crippen LogP) is 1.13. The van der Waals surface area contributed by atoms with Gasteiger partial charge >= 0.3 is 6.09 Å². The molecule has 1 aromatic heterocycles. The first kappa shape index (κ1) is 15.7. The molecule has 1 atom stereocenters. The minimum atomic E-state index is -3.31. The fourth-order valence-electron chi connectivity index (χ4n) is 2.05. The van der Waals surface area contributed by atoms with Crippen molar-refractivity contribution in [1.29, 1.82) is 0 Å². The van der Waals surface area contributed by atoms with Crippen LogP contribution in [0.1, 0.15) is 35.7 Å². The van der Waals surface area contributed by atoms with E-state index in [1.165, 1.54) is 11.8 Å². The highest BCUT2D eigenvalue weighted by Crippen LogP contribution is 2.30. The van der Waals surface area contributed by atoms with Crippen LogP contribution < -0.4 is 4.74 Å². The molecule has 2 rings (SSSR count). The molecule has 7 nitrogen and oxygen atoms in total. The molecule has 0 N–H and O–H groups in total. The number of aryl methyl sites for hydroxylation is 1. The molecule has 1 aromatic rings. The normalized spacial score (nSPS) is 15.4. The maximum Gasteiger partial charge on any atom is 0.416 e. The topological polar surface area (TPSA) is 89.5 Å². The van der Waals surface area contributed by atoms with Gasteiger partial charge in [-0.15, -0.1) is 0 Å². The standard InChI is InChI=1S/C13H19N3O4S/c1-8(21(4,18)19)11-14-10-7-5-6-9(10)12(15-11)20-13(17)16(2)3/h8H,5-7H2,1-4H3. The van der Waals surface area contributed by atoms with Gasteiger partial charge in [-0.25, -0.2) is 18.2 Å². The highest BCUT2D eigenvalue weighted by atomic mass is 32.2. The number of carbonyl (C=O) groups excluding carboxylic acids is 1. The molecule has 1 unspecified atom stereocenters. The predicted molar refractivity (Wildman–Crippen MR) is 77.0 cm³/mol. The average molecular weight is 313 g/mol. The van der Waals surface area contributed by atoms with Gasteiger partial charge in [0.2, 0.25) is 5.88 Å². The van der Waals surface area contributed by atoms with Crippen LogP contribution in [-0.2, 0) is 22.7 Å². The highest BCUT2D eigenvalue weighted by molar-refractivity contribution is 7.90. The summed E-state index contributed by atoms with van der Waals surface area (Å²) < 4.78 is 28.6. The summed E-state index contributed by atoms with van der Waals surface area (Å²) in [5.74, 6) is 0.362. The van der Waals surface area contributed by atoms with Crippen LogP contribution in [0.3, 0.4) is 0 Å². The molecule has 1 heterocycles. The second-order valence-electron chi connectivity index (χ2n) is 5.40. The Balaban J connectivity index is 2.45. The quantitative estimate of drug-likeness (QED) is 0.831. The van der Waals surface area contributed by atoms with Crippen molar-refractivity contribution in [3.05, 3.63) is 17.1 Å². The van der Waals surface area contributed by atoms with Crippen molar-refractivity contribution in [3.63, 3.8) is 0 Å². The van der Waals surface area contributed by atoms with Crippen LogP contribution in [0.2, 0.25) is 0 Å². The number of nitrogens with zero attached hydrogens (tertiary/aromatic N) is 3. The number of aromatic nitrogens is 2. The second-order valence-corrected chi connectivity index (χ2v) is 7.77. The monoisotopic (exact) mass is 313 g/mol. The van der Waals surface area contributed by atoms with E-state index < -0.39 is 21.2 Å². The van der Waals surface area contributed by atoms with Crippen molar-refractivity contribution in [1.82, 2.24) is 14.9 Å². The fraction of sp³-hybridized carbons (Fsp3) is 0.615. The number of rotatable bonds is 3. The molecule has 0 bridgehead atoms. The van der Waals surface area contributed by atoms with E-state index in [0.29, 0.717) is 0 Å². The minimum Gasteiger partial charge on any atom is -0.391 e. The smallest absolute Gasteiger partial charge is 0.391 e. The van der Waals surface area contributed by atoms with E-state index in [1.54, 1.807) is 14.1 Å². The molecule has 0 aromatic carbocycles. The Labute approximate surface area is 124 Å². The van der Waals surface area contributed by atoms with Gasteiger partial charge in [-0.3, -0.25) is 0 Å². The summed E-state index contributed by atoms with van der Waals surface area (Å²) in [6.07, 6.45) is 2.97. The van der Waals surface area contributed by atoms with Crippen molar-refractivity contribution in [2.45, 2.75) is 31.4 Å². The Bertz CT molecular complexity index is 670. The van der Waals surface area contributed by atoms with E-state index in [4.69, 9.17) is 4.74 Å². The molecule has 8 heteroatoms. The zero-order chi connectivity index (χ0) is 15.8. The lowest BCUT2D eigenvalue weighted by atomic mass is 10.2. The van der Waals surface area contributed by atoms with E-state index in [0.717, 1.165) is 36.8 Å². The Morgan fingerprint density at radius 1 is 1.29 bits per heavy atom. The number of fused-ring (bicyclic) bond motifs is 1. The molecule has 1 aliphatic carbocycles. The molecule has 116 valence electrons. The highest BCUT2D eigenvalue weighted by Gasteiger charge is 2.27. The third kappa shape index (κ3) is 3.31. The molecule has 0 saturated heterocycles. The van der Waals surface area contributed by atoms with Crippen molar-refractivity contribution in [2.75, 3.05) is 20.4 Å². The SMILES string of the molecule is CC(c1nc2c(c(OC(=O)N(C)C)n1)CCC2)S(C)(=O)=O. The Hall–Kier alpha value is -1.70. The van der Waals surface area contributed by atoms with Crippen LogP contribution in [-0.4, -0.2) is 49.7 Å². The van der Waals surface area contributed by atoms with Crippen LogP contribution in [0.15, 0.2) is 0 Å². The largest absolute Gasteiger partial charge is 0.416 e. The van der Waals surface area contributed by atoms with Gasteiger partial charge in [0.1, 0.15) is 11.1 Å². The molecule has 1 aliphatic rings. The molecule has 0 saturated carbocycles. The summed E-state index contributed by atoms with van der Waals surface area (Å²) in [6.45, 7) is 1.53. The number of ether oxygens (including phenoxy) is 1. The van der Waals surface area contributed by atoms with Crippen molar-refractivity contribution in [2.24, 2.45) is 0 Å². The number of carbonyl (C=O) groups is 1. The van der Waals surface area contributed by atoms with Gasteiger partial charge in [-0.05, 0) is 26.2 Å². The molecule has 0 spiro atoms. The van der Waals surface area contributed by atoms with Crippen LogP contribution in [0.25, 0.3) is 0 Å². The first-order valence-electron chi connectivity index (χ1n) is 6.68. The number of amides is 1. The van der Waals surface area contributed by atoms with Gasteiger partial charge < -0.3 is 9.64 Å². The first-order valence-corrected chi connectivity index (χ1v) is 8.63. The van der Waals surface area contributed by atoms with E-state index >= 15 is 0 Å². The van der Waals surface area contributed by atoms with Gasteiger partial charge in [-0.2, -0.15) is 4.98 Å². The van der Waals surface area contributed by atoms with Crippen LogP contribution in [0, 0.1) is 0 Å². The van der Waals surface area contributed by atoms with E-state index in [2.05, 4.69) is 9.97 Å². The van der Waals surface area contributed by atoms with Crippen LogP contribution in [0.4, 0.5) is 4.79 Å². The molecule has 1 amide bonds. The Kier molecular flexibility index (Phi) is 4.18. The molecule has 0 radical (unpaired) electrons. The lowest BCUT2D eigenvalue weighted by Crippen LogP contribution is -2.26. The van der Waals surface area contributed by atoms with Gasteiger partial charge in [0.05, 0.1) is 5.69 Å². The number of sulfone groups is 1. The third-order valence-electron chi connectivity index (χ3n) is 3.47. The lowest BCUT2D eigenvalue weighted by Gasteiger charge is -2.15. The molecular weight excluding hydrogens is 294 g/mol.